The van der Waals surface area contributed by atoms with Crippen LogP contribution >= 0.6 is 0 Å². The number of carbonyl (C=O) groups is 1. The summed E-state index contributed by atoms with van der Waals surface area (Å²) >= 11 is 0. The first-order chi connectivity index (χ1) is 10.9. The first-order valence-corrected chi connectivity index (χ1v) is 7.22. The van der Waals surface area contributed by atoms with Gasteiger partial charge in [-0.3, -0.25) is 4.79 Å². The van der Waals surface area contributed by atoms with Crippen molar-refractivity contribution in [2.45, 2.75) is 25.9 Å². The van der Waals surface area contributed by atoms with Crippen LogP contribution in [-0.4, -0.2) is 5.91 Å². The molecule has 0 aliphatic carbocycles. The number of hydrogen-bond acceptors (Lipinski definition) is 2. The monoisotopic (exact) mass is 322 g/mol. The Balaban J connectivity index is 2.05. The zero-order valence-corrected chi connectivity index (χ0v) is 12.6. The normalized spacial score (nSPS) is 11.1. The highest BCUT2D eigenvalue weighted by Crippen LogP contribution is 2.31. The number of anilines is 3. The summed E-state index contributed by atoms with van der Waals surface area (Å²) in [6.07, 6.45) is -3.16. The summed E-state index contributed by atoms with van der Waals surface area (Å²) in [5.74, 6) is -0.0638. The highest BCUT2D eigenvalue weighted by atomic mass is 19.4. The van der Waals surface area contributed by atoms with E-state index < -0.39 is 11.7 Å². The third-order valence-corrected chi connectivity index (χ3v) is 3.12. The Morgan fingerprint density at radius 2 is 1.65 bits per heavy atom. The van der Waals surface area contributed by atoms with E-state index >= 15 is 0 Å². The lowest BCUT2D eigenvalue weighted by atomic mass is 10.2. The van der Waals surface area contributed by atoms with Crippen molar-refractivity contribution in [1.29, 1.82) is 0 Å². The van der Waals surface area contributed by atoms with E-state index in [1.165, 1.54) is 6.07 Å². The van der Waals surface area contributed by atoms with Crippen LogP contribution in [0.4, 0.5) is 30.2 Å². The molecule has 0 saturated carbocycles. The minimum absolute atomic E-state index is 0.0638. The first kappa shape index (κ1) is 16.9. The minimum atomic E-state index is -4.37. The summed E-state index contributed by atoms with van der Waals surface area (Å²) in [6.45, 7) is 1.92. The van der Waals surface area contributed by atoms with Crippen molar-refractivity contribution in [1.82, 2.24) is 0 Å². The molecule has 122 valence electrons. The van der Waals surface area contributed by atoms with Crippen LogP contribution in [0.2, 0.25) is 0 Å². The van der Waals surface area contributed by atoms with Crippen LogP contribution in [0.3, 0.4) is 0 Å². The van der Waals surface area contributed by atoms with E-state index in [2.05, 4.69) is 10.6 Å². The third-order valence-electron chi connectivity index (χ3n) is 3.12. The van der Waals surface area contributed by atoms with Crippen LogP contribution in [0.25, 0.3) is 0 Å². The van der Waals surface area contributed by atoms with Gasteiger partial charge in [-0.25, -0.2) is 0 Å². The predicted octanol–water partition coefficient (Wildman–Crippen LogP) is 5.19. The Kier molecular flexibility index (Phi) is 5.26. The number of rotatable bonds is 5. The second-order valence-corrected chi connectivity index (χ2v) is 5.08. The van der Waals surface area contributed by atoms with E-state index in [-0.39, 0.29) is 5.91 Å². The molecule has 3 nitrogen and oxygen atoms in total. The topological polar surface area (TPSA) is 41.1 Å². The zero-order valence-electron chi connectivity index (χ0n) is 12.6. The van der Waals surface area contributed by atoms with Crippen LogP contribution in [0.1, 0.15) is 25.3 Å². The standard InChI is InChI=1S/C17H17F3N2O/c1-2-4-16(23)22-14-9-7-13(8-10-14)21-15-6-3-5-12(11-15)17(18,19)20/h3,5-11,21H,2,4H2,1H3,(H,22,23). The lowest BCUT2D eigenvalue weighted by Crippen LogP contribution is -2.10. The number of alkyl halides is 3. The molecule has 2 N–H and O–H groups in total. The molecule has 0 heterocycles. The molecule has 6 heteroatoms. The smallest absolute Gasteiger partial charge is 0.356 e. The van der Waals surface area contributed by atoms with Gasteiger partial charge in [-0.15, -0.1) is 0 Å². The number of hydrogen-bond donors (Lipinski definition) is 2. The Hall–Kier alpha value is -2.50. The molecule has 0 aromatic heterocycles. The molecule has 1 amide bonds. The second kappa shape index (κ2) is 7.17. The molecule has 0 bridgehead atoms. The van der Waals surface area contributed by atoms with Crippen LogP contribution in [0.15, 0.2) is 48.5 Å². The molecule has 0 aliphatic heterocycles. The summed E-state index contributed by atoms with van der Waals surface area (Å²) in [5.41, 5.74) is 0.935. The van der Waals surface area contributed by atoms with Gasteiger partial charge >= 0.3 is 6.18 Å². The van der Waals surface area contributed by atoms with Crippen molar-refractivity contribution in [2.24, 2.45) is 0 Å². The summed E-state index contributed by atoms with van der Waals surface area (Å²) in [4.78, 5) is 11.5. The maximum atomic E-state index is 12.7. The molecule has 0 aliphatic rings. The summed E-state index contributed by atoms with van der Waals surface area (Å²) in [5, 5.41) is 5.66. The lowest BCUT2D eigenvalue weighted by molar-refractivity contribution is -0.137. The molecular weight excluding hydrogens is 305 g/mol. The van der Waals surface area contributed by atoms with Gasteiger partial charge in [0.1, 0.15) is 0 Å². The summed E-state index contributed by atoms with van der Waals surface area (Å²) < 4.78 is 38.0. The van der Waals surface area contributed by atoms with Crippen molar-refractivity contribution in [3.63, 3.8) is 0 Å². The Morgan fingerprint density at radius 1 is 1.00 bits per heavy atom. The van der Waals surface area contributed by atoms with Gasteiger partial charge in [-0.2, -0.15) is 13.2 Å². The first-order valence-electron chi connectivity index (χ1n) is 7.22. The van der Waals surface area contributed by atoms with E-state index in [0.29, 0.717) is 23.5 Å². The maximum Gasteiger partial charge on any atom is 0.416 e. The van der Waals surface area contributed by atoms with E-state index in [1.54, 1.807) is 30.3 Å². The molecule has 0 atom stereocenters. The van der Waals surface area contributed by atoms with Gasteiger partial charge in [0.25, 0.3) is 0 Å². The number of carbonyl (C=O) groups excluding carboxylic acids is 1. The van der Waals surface area contributed by atoms with E-state index in [9.17, 15) is 18.0 Å². The lowest BCUT2D eigenvalue weighted by Gasteiger charge is -2.11. The molecular formula is C17H17F3N2O. The molecule has 2 aromatic rings. The van der Waals surface area contributed by atoms with E-state index in [0.717, 1.165) is 18.6 Å². The Labute approximate surface area is 132 Å². The number of halogens is 3. The third kappa shape index (κ3) is 5.02. The molecule has 23 heavy (non-hydrogen) atoms. The second-order valence-electron chi connectivity index (χ2n) is 5.08. The molecule has 0 saturated heterocycles. The molecule has 0 spiro atoms. The van der Waals surface area contributed by atoms with Gasteiger partial charge in [0, 0.05) is 23.5 Å². The van der Waals surface area contributed by atoms with Crippen LogP contribution in [0.5, 0.6) is 0 Å². The van der Waals surface area contributed by atoms with Gasteiger partial charge in [-0.1, -0.05) is 13.0 Å². The number of amides is 1. The van der Waals surface area contributed by atoms with Crippen LogP contribution in [0, 0.1) is 0 Å². The van der Waals surface area contributed by atoms with Crippen molar-refractivity contribution in [3.05, 3.63) is 54.1 Å². The van der Waals surface area contributed by atoms with E-state index in [4.69, 9.17) is 0 Å². The number of nitrogens with one attached hydrogen (secondary N) is 2. The quantitative estimate of drug-likeness (QED) is 0.795. The average molecular weight is 322 g/mol. The highest BCUT2D eigenvalue weighted by Gasteiger charge is 2.30. The fraction of sp³-hybridized carbons (Fsp3) is 0.235. The Morgan fingerprint density at radius 3 is 2.26 bits per heavy atom. The maximum absolute atomic E-state index is 12.7. The summed E-state index contributed by atoms with van der Waals surface area (Å²) in [7, 11) is 0. The molecule has 2 rings (SSSR count). The molecule has 2 aromatic carbocycles. The van der Waals surface area contributed by atoms with Gasteiger partial charge in [0.2, 0.25) is 5.91 Å². The van der Waals surface area contributed by atoms with Crippen molar-refractivity contribution < 1.29 is 18.0 Å². The molecule has 0 fully saturated rings. The van der Waals surface area contributed by atoms with Gasteiger partial charge in [0.05, 0.1) is 5.56 Å². The average Bonchev–Trinajstić information content (AvgIpc) is 2.49. The van der Waals surface area contributed by atoms with Crippen LogP contribution in [-0.2, 0) is 11.0 Å². The number of benzene rings is 2. The van der Waals surface area contributed by atoms with Crippen molar-refractivity contribution in [2.75, 3.05) is 10.6 Å². The van der Waals surface area contributed by atoms with Crippen LogP contribution < -0.4 is 10.6 Å². The molecule has 0 radical (unpaired) electrons. The fourth-order valence-electron chi connectivity index (χ4n) is 2.03. The van der Waals surface area contributed by atoms with Gasteiger partial charge in [0.15, 0.2) is 0 Å². The molecule has 0 unspecified atom stereocenters. The Bertz CT molecular complexity index is 666. The minimum Gasteiger partial charge on any atom is -0.356 e. The van der Waals surface area contributed by atoms with E-state index in [1.807, 2.05) is 6.92 Å². The van der Waals surface area contributed by atoms with Crippen molar-refractivity contribution >= 4 is 23.0 Å². The largest absolute Gasteiger partial charge is 0.416 e. The van der Waals surface area contributed by atoms with Gasteiger partial charge < -0.3 is 10.6 Å². The zero-order chi connectivity index (χ0) is 16.9. The SMILES string of the molecule is CCCC(=O)Nc1ccc(Nc2cccc(C(F)(F)F)c2)cc1. The van der Waals surface area contributed by atoms with Crippen molar-refractivity contribution in [3.8, 4) is 0 Å². The van der Waals surface area contributed by atoms with Gasteiger partial charge in [-0.05, 0) is 48.9 Å². The fourth-order valence-corrected chi connectivity index (χ4v) is 2.03. The highest BCUT2D eigenvalue weighted by molar-refractivity contribution is 5.90. The predicted molar refractivity (Wildman–Crippen MR) is 84.7 cm³/mol. The summed E-state index contributed by atoms with van der Waals surface area (Å²) in [6, 6.07) is 11.8.